The van der Waals surface area contributed by atoms with Crippen molar-refractivity contribution in [2.75, 3.05) is 0 Å². The van der Waals surface area contributed by atoms with Gasteiger partial charge in [0.15, 0.2) is 17.5 Å². The van der Waals surface area contributed by atoms with Crippen LogP contribution < -0.4 is 0 Å². The average molecular weight is 810 g/mol. The van der Waals surface area contributed by atoms with Crippen LogP contribution in [0.3, 0.4) is 0 Å². The van der Waals surface area contributed by atoms with Crippen LogP contribution in [0.2, 0.25) is 0 Å². The van der Waals surface area contributed by atoms with Gasteiger partial charge in [-0.25, -0.2) is 19.9 Å². The van der Waals surface area contributed by atoms with Gasteiger partial charge in [0, 0.05) is 49.1 Å². The number of nitrogens with zero attached hydrogens (tertiary/aromatic N) is 5. The molecule has 0 aliphatic heterocycles. The number of fused-ring (bicyclic) bond motifs is 7. The molecule has 4 aromatic heterocycles. The summed E-state index contributed by atoms with van der Waals surface area (Å²) in [7, 11) is 0. The average Bonchev–Trinajstić information content (AvgIpc) is 3.91. The Morgan fingerprint density at radius 3 is 1.52 bits per heavy atom. The van der Waals surface area contributed by atoms with E-state index < -0.39 is 0 Å². The highest BCUT2D eigenvalue weighted by Gasteiger charge is 2.25. The van der Waals surface area contributed by atoms with E-state index in [4.69, 9.17) is 19.9 Å². The minimum absolute atomic E-state index is 0.537. The van der Waals surface area contributed by atoms with E-state index in [9.17, 15) is 0 Å². The van der Waals surface area contributed by atoms with Crippen molar-refractivity contribution in [2.24, 2.45) is 0 Å². The lowest BCUT2D eigenvalue weighted by atomic mass is 9.88. The van der Waals surface area contributed by atoms with Gasteiger partial charge in [0.2, 0.25) is 0 Å². The highest BCUT2D eigenvalue weighted by atomic mass is 32.1. The molecule has 0 fully saturated rings. The second kappa shape index (κ2) is 14.9. The number of para-hydroxylation sites is 1. The number of hydrogen-bond donors (Lipinski definition) is 0. The van der Waals surface area contributed by atoms with Crippen LogP contribution in [-0.4, -0.2) is 24.5 Å². The van der Waals surface area contributed by atoms with Crippen molar-refractivity contribution >= 4 is 53.3 Å². The molecule has 0 saturated heterocycles. The van der Waals surface area contributed by atoms with E-state index in [1.165, 1.54) is 25.6 Å². The first-order valence-electron chi connectivity index (χ1n) is 20.7. The van der Waals surface area contributed by atoms with E-state index in [1.54, 1.807) is 0 Å². The fourth-order valence-corrected chi connectivity index (χ4v) is 10.1. The first-order chi connectivity index (χ1) is 30.8. The summed E-state index contributed by atoms with van der Waals surface area (Å²) in [5, 5.41) is 4.80. The van der Waals surface area contributed by atoms with E-state index >= 15 is 0 Å². The maximum atomic E-state index is 5.58. The zero-order valence-electron chi connectivity index (χ0n) is 33.4. The van der Waals surface area contributed by atoms with Crippen molar-refractivity contribution in [3.05, 3.63) is 212 Å². The third kappa shape index (κ3) is 5.99. The van der Waals surface area contributed by atoms with E-state index in [0.29, 0.717) is 17.5 Å². The van der Waals surface area contributed by atoms with E-state index in [-0.39, 0.29) is 0 Å². The number of rotatable bonds is 7. The minimum Gasteiger partial charge on any atom is -0.292 e. The molecule has 0 radical (unpaired) electrons. The Bertz CT molecular complexity index is 3500. The van der Waals surface area contributed by atoms with Gasteiger partial charge in [-0.2, -0.15) is 0 Å². The second-order valence-electron chi connectivity index (χ2n) is 15.4. The molecule has 12 rings (SSSR count). The fourth-order valence-electron chi connectivity index (χ4n) is 8.90. The SMILES string of the molecule is c1ccc(-c2nc(-c3ccccc3)nc(-c3cc(-c4c(-c5ccccc5)cccc4-c4ccccc4)cnc3-n3c4ccccc4c4ccc5c6ccccc6sc5c43)n2)cc1. The summed E-state index contributed by atoms with van der Waals surface area (Å²) in [6.45, 7) is 0. The van der Waals surface area contributed by atoms with Crippen LogP contribution >= 0.6 is 11.3 Å². The van der Waals surface area contributed by atoms with Crippen molar-refractivity contribution in [3.63, 3.8) is 0 Å². The topological polar surface area (TPSA) is 56.5 Å². The molecule has 0 saturated carbocycles. The van der Waals surface area contributed by atoms with Crippen LogP contribution in [-0.2, 0) is 0 Å². The van der Waals surface area contributed by atoms with Crippen LogP contribution in [0.1, 0.15) is 0 Å². The Morgan fingerprint density at radius 1 is 0.371 bits per heavy atom. The molecule has 0 atom stereocenters. The molecule has 4 heterocycles. The van der Waals surface area contributed by atoms with Gasteiger partial charge in [-0.05, 0) is 46.0 Å². The van der Waals surface area contributed by atoms with Crippen molar-refractivity contribution in [1.29, 1.82) is 0 Å². The fraction of sp³-hybridized carbons (Fsp3) is 0. The predicted molar refractivity (Wildman–Crippen MR) is 257 cm³/mol. The summed E-state index contributed by atoms with van der Waals surface area (Å²) < 4.78 is 4.80. The van der Waals surface area contributed by atoms with Gasteiger partial charge >= 0.3 is 0 Å². The number of thiophene rings is 1. The number of aromatic nitrogens is 5. The standard InChI is InChI=1S/C56H35N5S/c1-5-18-36(19-6-1)41-28-17-29-42(37-20-7-2-8-21-37)50(41)40-34-47(55-59-53(38-22-9-3-10-23-38)58-54(60-55)39-24-11-4-12-25-39)56(57-35-40)61-48-30-15-13-26-43(48)45-32-33-46-44-27-14-16-31-49(44)62-52(46)51(45)61/h1-35H. The molecule has 62 heavy (non-hydrogen) atoms. The molecular weight excluding hydrogens is 775 g/mol. The first kappa shape index (κ1) is 35.8. The molecule has 0 aliphatic carbocycles. The van der Waals surface area contributed by atoms with Gasteiger partial charge in [-0.1, -0.05) is 188 Å². The quantitative estimate of drug-likeness (QED) is 0.161. The van der Waals surface area contributed by atoms with Gasteiger partial charge in [-0.3, -0.25) is 4.57 Å². The van der Waals surface area contributed by atoms with Crippen LogP contribution in [0.15, 0.2) is 212 Å². The first-order valence-corrected chi connectivity index (χ1v) is 21.5. The Hall–Kier alpha value is -8.06. The number of hydrogen-bond acceptors (Lipinski definition) is 5. The molecule has 12 aromatic rings. The van der Waals surface area contributed by atoms with Gasteiger partial charge < -0.3 is 0 Å². The van der Waals surface area contributed by atoms with Crippen molar-refractivity contribution in [3.8, 4) is 73.4 Å². The van der Waals surface area contributed by atoms with E-state index in [0.717, 1.165) is 72.3 Å². The van der Waals surface area contributed by atoms with Crippen molar-refractivity contribution < 1.29 is 0 Å². The molecule has 8 aromatic carbocycles. The third-order valence-corrected chi connectivity index (χ3v) is 12.9. The van der Waals surface area contributed by atoms with Gasteiger partial charge in [-0.15, -0.1) is 11.3 Å². The molecule has 5 nitrogen and oxygen atoms in total. The Kier molecular flexibility index (Phi) is 8.61. The second-order valence-corrected chi connectivity index (χ2v) is 16.4. The summed E-state index contributed by atoms with van der Waals surface area (Å²) in [5.41, 5.74) is 11.3. The van der Waals surface area contributed by atoms with E-state index in [2.05, 4.69) is 174 Å². The number of pyridine rings is 1. The molecular formula is C56H35N5S. The molecule has 0 spiro atoms. The number of benzene rings is 8. The van der Waals surface area contributed by atoms with Crippen molar-refractivity contribution in [1.82, 2.24) is 24.5 Å². The summed E-state index contributed by atoms with van der Waals surface area (Å²) in [5.74, 6) is 2.46. The summed E-state index contributed by atoms with van der Waals surface area (Å²) in [6.07, 6.45) is 2.04. The Balaban J connectivity index is 1.22. The Labute approximate surface area is 361 Å². The maximum Gasteiger partial charge on any atom is 0.167 e. The lowest BCUT2D eigenvalue weighted by molar-refractivity contribution is 1.04. The largest absolute Gasteiger partial charge is 0.292 e. The van der Waals surface area contributed by atoms with Crippen molar-refractivity contribution in [2.45, 2.75) is 0 Å². The predicted octanol–water partition coefficient (Wildman–Crippen LogP) is 14.7. The zero-order chi connectivity index (χ0) is 41.0. The lowest BCUT2D eigenvalue weighted by Gasteiger charge is -2.19. The van der Waals surface area contributed by atoms with E-state index in [1.807, 2.05) is 53.9 Å². The lowest BCUT2D eigenvalue weighted by Crippen LogP contribution is -2.06. The zero-order valence-corrected chi connectivity index (χ0v) is 34.2. The smallest absolute Gasteiger partial charge is 0.167 e. The summed E-state index contributed by atoms with van der Waals surface area (Å²) >= 11 is 1.83. The van der Waals surface area contributed by atoms with Crippen LogP contribution in [0.4, 0.5) is 0 Å². The molecule has 0 unspecified atom stereocenters. The van der Waals surface area contributed by atoms with Crippen LogP contribution in [0.25, 0.3) is 115 Å². The summed E-state index contributed by atoms with van der Waals surface area (Å²) in [6, 6.07) is 72.2. The highest BCUT2D eigenvalue weighted by molar-refractivity contribution is 7.26. The Morgan fingerprint density at radius 2 is 0.887 bits per heavy atom. The van der Waals surface area contributed by atoms with Crippen LogP contribution in [0.5, 0.6) is 0 Å². The van der Waals surface area contributed by atoms with Gasteiger partial charge in [0.05, 0.1) is 21.3 Å². The normalized spacial score (nSPS) is 11.5. The van der Waals surface area contributed by atoms with Crippen LogP contribution in [0, 0.1) is 0 Å². The minimum atomic E-state index is 0.537. The highest BCUT2D eigenvalue weighted by Crippen LogP contribution is 2.46. The van der Waals surface area contributed by atoms with Gasteiger partial charge in [0.25, 0.3) is 0 Å². The third-order valence-electron chi connectivity index (χ3n) is 11.7. The summed E-state index contributed by atoms with van der Waals surface area (Å²) in [4.78, 5) is 21.4. The molecule has 0 bridgehead atoms. The molecule has 0 N–H and O–H groups in total. The molecule has 0 aliphatic rings. The molecule has 0 amide bonds. The molecule has 6 heteroatoms. The maximum absolute atomic E-state index is 5.58. The molecule has 290 valence electrons. The monoisotopic (exact) mass is 809 g/mol. The van der Waals surface area contributed by atoms with Gasteiger partial charge in [0.1, 0.15) is 5.82 Å².